The van der Waals surface area contributed by atoms with E-state index in [0.717, 1.165) is 42.9 Å². The second kappa shape index (κ2) is 5.32. The molecule has 0 radical (unpaired) electrons. The molecule has 0 bridgehead atoms. The molecule has 5 nitrogen and oxygen atoms in total. The van der Waals surface area contributed by atoms with Gasteiger partial charge in [0.15, 0.2) is 0 Å². The molecule has 0 unspecified atom stereocenters. The Morgan fingerprint density at radius 2 is 1.95 bits per heavy atom. The third-order valence-corrected chi connectivity index (χ3v) is 3.31. The molecule has 3 rings (SSSR count). The summed E-state index contributed by atoms with van der Waals surface area (Å²) < 4.78 is 11.2. The molecule has 2 aromatic rings. The fourth-order valence-corrected chi connectivity index (χ4v) is 2.23. The summed E-state index contributed by atoms with van der Waals surface area (Å²) in [6, 6.07) is 7.93. The number of H-pyrrole nitrogens is 1. The van der Waals surface area contributed by atoms with Crippen LogP contribution in [0.1, 0.15) is 12.8 Å². The van der Waals surface area contributed by atoms with Crippen molar-refractivity contribution in [3.8, 4) is 16.9 Å². The van der Waals surface area contributed by atoms with Crippen molar-refractivity contribution in [1.82, 2.24) is 10.2 Å². The van der Waals surface area contributed by atoms with Crippen molar-refractivity contribution in [2.45, 2.75) is 18.9 Å². The van der Waals surface area contributed by atoms with Crippen LogP contribution in [0.3, 0.4) is 0 Å². The van der Waals surface area contributed by atoms with Crippen LogP contribution in [0.2, 0.25) is 0 Å². The molecule has 5 heteroatoms. The molecule has 1 aromatic carbocycles. The van der Waals surface area contributed by atoms with E-state index < -0.39 is 0 Å². The fourth-order valence-electron chi connectivity index (χ4n) is 2.23. The van der Waals surface area contributed by atoms with Gasteiger partial charge in [0.1, 0.15) is 17.7 Å². The van der Waals surface area contributed by atoms with E-state index in [1.807, 2.05) is 24.3 Å². The molecule has 0 spiro atoms. The first-order valence-corrected chi connectivity index (χ1v) is 6.46. The number of hydrogen-bond acceptors (Lipinski definition) is 4. The van der Waals surface area contributed by atoms with Gasteiger partial charge in [-0.1, -0.05) is 12.1 Å². The van der Waals surface area contributed by atoms with Gasteiger partial charge in [0, 0.05) is 18.4 Å². The quantitative estimate of drug-likeness (QED) is 0.886. The van der Waals surface area contributed by atoms with Crippen LogP contribution in [0, 0.1) is 0 Å². The van der Waals surface area contributed by atoms with Crippen molar-refractivity contribution in [3.63, 3.8) is 0 Å². The van der Waals surface area contributed by atoms with Gasteiger partial charge in [0.05, 0.1) is 19.4 Å². The number of aromatic amines is 1. The van der Waals surface area contributed by atoms with E-state index in [9.17, 15) is 0 Å². The summed E-state index contributed by atoms with van der Waals surface area (Å²) in [5, 5.41) is 6.65. The maximum absolute atomic E-state index is 5.92. The standard InChI is InChI=1S/C14H17N3O2/c15-14-13(9-16-17-14)10-1-3-11(4-2-10)19-12-5-7-18-8-6-12/h1-4,9,12H,5-8H2,(H3,15,16,17). The number of benzene rings is 1. The van der Waals surface area contributed by atoms with Gasteiger partial charge >= 0.3 is 0 Å². The Bertz CT molecular complexity index is 530. The van der Waals surface area contributed by atoms with E-state index in [4.69, 9.17) is 15.2 Å². The summed E-state index contributed by atoms with van der Waals surface area (Å²) >= 11 is 0. The van der Waals surface area contributed by atoms with Crippen molar-refractivity contribution in [2.75, 3.05) is 18.9 Å². The lowest BCUT2D eigenvalue weighted by Crippen LogP contribution is -2.25. The van der Waals surface area contributed by atoms with Gasteiger partial charge in [-0.2, -0.15) is 5.10 Å². The first-order chi connectivity index (χ1) is 9.33. The van der Waals surface area contributed by atoms with Crippen molar-refractivity contribution < 1.29 is 9.47 Å². The number of ether oxygens (including phenoxy) is 2. The van der Waals surface area contributed by atoms with Crippen molar-refractivity contribution in [1.29, 1.82) is 0 Å². The number of nitrogen functional groups attached to an aromatic ring is 1. The largest absolute Gasteiger partial charge is 0.490 e. The molecule has 100 valence electrons. The van der Waals surface area contributed by atoms with E-state index >= 15 is 0 Å². The molecule has 0 aliphatic carbocycles. The van der Waals surface area contributed by atoms with Crippen molar-refractivity contribution >= 4 is 5.82 Å². The maximum Gasteiger partial charge on any atom is 0.126 e. The van der Waals surface area contributed by atoms with Gasteiger partial charge in [-0.25, -0.2) is 0 Å². The molecule has 0 saturated carbocycles. The van der Waals surface area contributed by atoms with Crippen LogP contribution in [0.15, 0.2) is 30.5 Å². The lowest BCUT2D eigenvalue weighted by Gasteiger charge is -2.23. The second-order valence-corrected chi connectivity index (χ2v) is 4.65. The zero-order valence-corrected chi connectivity index (χ0v) is 10.6. The van der Waals surface area contributed by atoms with Gasteiger partial charge in [-0.3, -0.25) is 5.10 Å². The molecule has 1 fully saturated rings. The predicted octanol–water partition coefficient (Wildman–Crippen LogP) is 2.22. The predicted molar refractivity (Wildman–Crippen MR) is 72.9 cm³/mol. The summed E-state index contributed by atoms with van der Waals surface area (Å²) in [6.45, 7) is 1.57. The fraction of sp³-hybridized carbons (Fsp3) is 0.357. The molecule has 1 saturated heterocycles. The number of nitrogens with one attached hydrogen (secondary N) is 1. The van der Waals surface area contributed by atoms with Gasteiger partial charge in [-0.15, -0.1) is 0 Å². The Hall–Kier alpha value is -2.01. The van der Waals surface area contributed by atoms with Crippen LogP contribution in [0.25, 0.3) is 11.1 Å². The Morgan fingerprint density at radius 1 is 1.21 bits per heavy atom. The van der Waals surface area contributed by atoms with Crippen LogP contribution < -0.4 is 10.5 Å². The number of nitrogens with two attached hydrogens (primary N) is 1. The van der Waals surface area contributed by atoms with Crippen LogP contribution in [0.5, 0.6) is 5.75 Å². The molecule has 1 aliphatic rings. The highest BCUT2D eigenvalue weighted by Crippen LogP contribution is 2.26. The van der Waals surface area contributed by atoms with E-state index in [-0.39, 0.29) is 6.10 Å². The minimum Gasteiger partial charge on any atom is -0.490 e. The third-order valence-electron chi connectivity index (χ3n) is 3.31. The Kier molecular flexibility index (Phi) is 3.37. The average Bonchev–Trinajstić information content (AvgIpc) is 2.87. The Morgan fingerprint density at radius 3 is 2.58 bits per heavy atom. The highest BCUT2D eigenvalue weighted by atomic mass is 16.5. The van der Waals surface area contributed by atoms with Crippen LogP contribution in [0.4, 0.5) is 5.82 Å². The van der Waals surface area contributed by atoms with Crippen LogP contribution in [-0.2, 0) is 4.74 Å². The molecule has 1 aliphatic heterocycles. The SMILES string of the molecule is Nc1[nH]ncc1-c1ccc(OC2CCOCC2)cc1. The van der Waals surface area contributed by atoms with Crippen molar-refractivity contribution in [3.05, 3.63) is 30.5 Å². The normalized spacial score (nSPS) is 16.4. The first-order valence-electron chi connectivity index (χ1n) is 6.46. The smallest absolute Gasteiger partial charge is 0.126 e. The van der Waals surface area contributed by atoms with Crippen LogP contribution >= 0.6 is 0 Å². The minimum absolute atomic E-state index is 0.263. The summed E-state index contributed by atoms with van der Waals surface area (Å²) in [5.41, 5.74) is 7.74. The number of hydrogen-bond donors (Lipinski definition) is 2. The molecular formula is C14H17N3O2. The minimum atomic E-state index is 0.263. The van der Waals surface area contributed by atoms with Gasteiger partial charge in [0.25, 0.3) is 0 Å². The summed E-state index contributed by atoms with van der Waals surface area (Å²) in [4.78, 5) is 0. The molecule has 0 atom stereocenters. The Labute approximate surface area is 111 Å². The molecule has 0 amide bonds. The molecule has 2 heterocycles. The molecule has 1 aromatic heterocycles. The van der Waals surface area contributed by atoms with E-state index in [0.29, 0.717) is 5.82 Å². The Balaban J connectivity index is 1.70. The topological polar surface area (TPSA) is 73.2 Å². The highest BCUT2D eigenvalue weighted by Gasteiger charge is 2.15. The lowest BCUT2D eigenvalue weighted by molar-refractivity contribution is 0.0256. The molecular weight excluding hydrogens is 242 g/mol. The van der Waals surface area contributed by atoms with Gasteiger partial charge in [-0.05, 0) is 17.7 Å². The molecule has 19 heavy (non-hydrogen) atoms. The monoisotopic (exact) mass is 259 g/mol. The van der Waals surface area contributed by atoms with Crippen molar-refractivity contribution in [2.24, 2.45) is 0 Å². The number of anilines is 1. The first kappa shape index (κ1) is 12.0. The summed E-state index contributed by atoms with van der Waals surface area (Å²) in [7, 11) is 0. The average molecular weight is 259 g/mol. The van der Waals surface area contributed by atoms with Gasteiger partial charge in [0.2, 0.25) is 0 Å². The lowest BCUT2D eigenvalue weighted by atomic mass is 10.1. The zero-order valence-electron chi connectivity index (χ0n) is 10.6. The second-order valence-electron chi connectivity index (χ2n) is 4.65. The van der Waals surface area contributed by atoms with E-state index in [1.165, 1.54) is 0 Å². The zero-order chi connectivity index (χ0) is 13.1. The van der Waals surface area contributed by atoms with Crippen LogP contribution in [-0.4, -0.2) is 29.5 Å². The maximum atomic E-state index is 5.92. The summed E-state index contributed by atoms with van der Waals surface area (Å²) in [5.74, 6) is 1.47. The van der Waals surface area contributed by atoms with Gasteiger partial charge < -0.3 is 15.2 Å². The van der Waals surface area contributed by atoms with E-state index in [2.05, 4.69) is 10.2 Å². The highest BCUT2D eigenvalue weighted by molar-refractivity contribution is 5.73. The third kappa shape index (κ3) is 2.71. The number of aromatic nitrogens is 2. The number of rotatable bonds is 3. The molecule has 3 N–H and O–H groups in total. The van der Waals surface area contributed by atoms with E-state index in [1.54, 1.807) is 6.20 Å². The number of nitrogens with zero attached hydrogens (tertiary/aromatic N) is 1. The summed E-state index contributed by atoms with van der Waals surface area (Å²) in [6.07, 6.45) is 3.90.